The molecule has 3 unspecified atom stereocenters. The van der Waals surface area contributed by atoms with Crippen molar-refractivity contribution < 1.29 is 9.66 Å². The minimum atomic E-state index is -0.388. The predicted octanol–water partition coefficient (Wildman–Crippen LogP) is 2.54. The molecule has 2 fully saturated rings. The first-order chi connectivity index (χ1) is 10.2. The molecule has 1 aromatic heterocycles. The lowest BCUT2D eigenvalue weighted by atomic mass is 9.95. The molecule has 2 aliphatic heterocycles. The van der Waals surface area contributed by atoms with Crippen LogP contribution >= 0.6 is 0 Å². The van der Waals surface area contributed by atoms with Gasteiger partial charge in [0.25, 0.3) is 5.69 Å². The van der Waals surface area contributed by atoms with E-state index in [2.05, 4.69) is 15.6 Å². The molecule has 2 aliphatic rings. The van der Waals surface area contributed by atoms with Crippen LogP contribution in [0.2, 0.25) is 0 Å². The fraction of sp³-hybridized carbons (Fsp3) is 0.643. The Balaban J connectivity index is 1.76. The number of nitro groups is 1. The van der Waals surface area contributed by atoms with Crippen LogP contribution in [0.5, 0.6) is 0 Å². The summed E-state index contributed by atoms with van der Waals surface area (Å²) in [6.45, 7) is 2.78. The minimum absolute atomic E-state index is 0.0511. The third-order valence-electron chi connectivity index (χ3n) is 4.02. The Morgan fingerprint density at radius 1 is 1.43 bits per heavy atom. The highest BCUT2D eigenvalue weighted by Gasteiger charge is 2.40. The van der Waals surface area contributed by atoms with Crippen molar-refractivity contribution >= 4 is 17.3 Å². The standard InChI is InChI=1S/C14H20N4O3/c1-2-5-15-13-6-9(18(19)20)7-14(17-13)16-11-8-10-3-4-12(11)21-10/h6-7,10-12H,2-5,8H2,1H3,(H2,15,16,17). The Bertz CT molecular complexity index is 537. The van der Waals surface area contributed by atoms with Gasteiger partial charge in [0.05, 0.1) is 35.3 Å². The fourth-order valence-electron chi connectivity index (χ4n) is 3.02. The van der Waals surface area contributed by atoms with Gasteiger partial charge in [0.1, 0.15) is 11.6 Å². The molecule has 0 aliphatic carbocycles. The van der Waals surface area contributed by atoms with Gasteiger partial charge in [-0.1, -0.05) is 6.92 Å². The number of fused-ring (bicyclic) bond motifs is 2. The summed E-state index contributed by atoms with van der Waals surface area (Å²) >= 11 is 0. The van der Waals surface area contributed by atoms with Gasteiger partial charge in [0, 0.05) is 6.54 Å². The van der Waals surface area contributed by atoms with Crippen molar-refractivity contribution in [1.29, 1.82) is 0 Å². The molecule has 1 aromatic rings. The zero-order valence-electron chi connectivity index (χ0n) is 12.0. The Hall–Kier alpha value is -1.89. The average molecular weight is 292 g/mol. The molecule has 0 radical (unpaired) electrons. The number of pyridine rings is 1. The van der Waals surface area contributed by atoms with Gasteiger partial charge in [0.15, 0.2) is 0 Å². The molecule has 7 heteroatoms. The molecule has 7 nitrogen and oxygen atoms in total. The molecule has 21 heavy (non-hydrogen) atoms. The van der Waals surface area contributed by atoms with Gasteiger partial charge in [-0.15, -0.1) is 0 Å². The highest BCUT2D eigenvalue weighted by Crippen LogP contribution is 2.36. The van der Waals surface area contributed by atoms with Crippen LogP contribution in [0.25, 0.3) is 0 Å². The number of ether oxygens (including phenoxy) is 1. The lowest BCUT2D eigenvalue weighted by Crippen LogP contribution is -2.30. The number of rotatable bonds is 6. The maximum Gasteiger partial charge on any atom is 0.276 e. The molecule has 114 valence electrons. The van der Waals surface area contributed by atoms with E-state index >= 15 is 0 Å². The van der Waals surface area contributed by atoms with Crippen molar-refractivity contribution in [1.82, 2.24) is 4.98 Å². The van der Waals surface area contributed by atoms with E-state index in [0.717, 1.165) is 32.2 Å². The summed E-state index contributed by atoms with van der Waals surface area (Å²) in [7, 11) is 0. The summed E-state index contributed by atoms with van der Waals surface area (Å²) in [4.78, 5) is 15.1. The van der Waals surface area contributed by atoms with Crippen LogP contribution in [0, 0.1) is 10.1 Å². The van der Waals surface area contributed by atoms with Crippen molar-refractivity contribution in [3.63, 3.8) is 0 Å². The molecular formula is C14H20N4O3. The quantitative estimate of drug-likeness (QED) is 0.618. The van der Waals surface area contributed by atoms with Gasteiger partial charge in [0.2, 0.25) is 0 Å². The van der Waals surface area contributed by atoms with Crippen LogP contribution in [0.4, 0.5) is 17.3 Å². The summed E-state index contributed by atoms with van der Waals surface area (Å²) in [5, 5.41) is 17.4. The lowest BCUT2D eigenvalue weighted by molar-refractivity contribution is -0.384. The first-order valence-corrected chi connectivity index (χ1v) is 7.48. The van der Waals surface area contributed by atoms with E-state index in [1.165, 1.54) is 12.1 Å². The maximum absolute atomic E-state index is 11.0. The van der Waals surface area contributed by atoms with Gasteiger partial charge in [-0.25, -0.2) is 4.98 Å². The Morgan fingerprint density at radius 3 is 2.86 bits per heavy atom. The molecule has 2 saturated heterocycles. The van der Waals surface area contributed by atoms with Crippen LogP contribution < -0.4 is 10.6 Å². The lowest BCUT2D eigenvalue weighted by Gasteiger charge is -2.20. The second-order valence-electron chi connectivity index (χ2n) is 5.64. The zero-order chi connectivity index (χ0) is 14.8. The van der Waals surface area contributed by atoms with Gasteiger partial charge in [-0.3, -0.25) is 10.1 Å². The van der Waals surface area contributed by atoms with Crippen LogP contribution in [0.15, 0.2) is 12.1 Å². The molecule has 2 bridgehead atoms. The third-order valence-corrected chi connectivity index (χ3v) is 4.02. The molecule has 0 saturated carbocycles. The summed E-state index contributed by atoms with van der Waals surface area (Å²) in [6.07, 6.45) is 4.61. The van der Waals surface area contributed by atoms with Gasteiger partial charge < -0.3 is 15.4 Å². The van der Waals surface area contributed by atoms with Crippen molar-refractivity contribution in [3.8, 4) is 0 Å². The number of hydrogen-bond acceptors (Lipinski definition) is 6. The van der Waals surface area contributed by atoms with E-state index in [9.17, 15) is 10.1 Å². The number of nitrogens with one attached hydrogen (secondary N) is 2. The predicted molar refractivity (Wildman–Crippen MR) is 79.6 cm³/mol. The van der Waals surface area contributed by atoms with Crippen LogP contribution in [-0.4, -0.2) is 34.7 Å². The van der Waals surface area contributed by atoms with E-state index in [1.54, 1.807) is 0 Å². The van der Waals surface area contributed by atoms with E-state index < -0.39 is 0 Å². The second kappa shape index (κ2) is 5.85. The number of anilines is 2. The van der Waals surface area contributed by atoms with Gasteiger partial charge >= 0.3 is 0 Å². The number of hydrogen-bond donors (Lipinski definition) is 2. The molecule has 3 heterocycles. The smallest absolute Gasteiger partial charge is 0.276 e. The van der Waals surface area contributed by atoms with Crippen molar-refractivity contribution in [2.24, 2.45) is 0 Å². The Kier molecular flexibility index (Phi) is 3.92. The largest absolute Gasteiger partial charge is 0.373 e. The Morgan fingerprint density at radius 2 is 2.24 bits per heavy atom. The van der Waals surface area contributed by atoms with E-state index in [0.29, 0.717) is 17.7 Å². The monoisotopic (exact) mass is 292 g/mol. The van der Waals surface area contributed by atoms with Crippen molar-refractivity contribution in [2.45, 2.75) is 50.9 Å². The normalized spacial score (nSPS) is 26.8. The second-order valence-corrected chi connectivity index (χ2v) is 5.64. The summed E-state index contributed by atoms with van der Waals surface area (Å²) < 4.78 is 5.79. The Labute approximate surface area is 123 Å². The molecular weight excluding hydrogens is 272 g/mol. The molecule has 0 aromatic carbocycles. The molecule has 3 rings (SSSR count). The summed E-state index contributed by atoms with van der Waals surface area (Å²) in [5.41, 5.74) is 0.0511. The highest BCUT2D eigenvalue weighted by molar-refractivity contribution is 5.55. The number of nitrogens with zero attached hydrogens (tertiary/aromatic N) is 2. The fourth-order valence-corrected chi connectivity index (χ4v) is 3.02. The highest BCUT2D eigenvalue weighted by atomic mass is 16.6. The molecule has 0 amide bonds. The van der Waals surface area contributed by atoms with Crippen LogP contribution in [0.3, 0.4) is 0 Å². The number of aromatic nitrogens is 1. The molecule has 0 spiro atoms. The molecule has 2 N–H and O–H groups in total. The molecule has 3 atom stereocenters. The topological polar surface area (TPSA) is 89.3 Å². The first kappa shape index (κ1) is 14.1. The van der Waals surface area contributed by atoms with Gasteiger partial charge in [-0.2, -0.15) is 0 Å². The first-order valence-electron chi connectivity index (χ1n) is 7.48. The van der Waals surface area contributed by atoms with E-state index in [4.69, 9.17) is 4.74 Å². The average Bonchev–Trinajstić information content (AvgIpc) is 3.07. The summed E-state index contributed by atoms with van der Waals surface area (Å²) in [6, 6.07) is 3.17. The SMILES string of the molecule is CCCNc1cc([N+](=O)[O-])cc(NC2CC3CCC2O3)n1. The maximum atomic E-state index is 11.0. The van der Waals surface area contributed by atoms with Crippen LogP contribution in [0.1, 0.15) is 32.6 Å². The zero-order valence-corrected chi connectivity index (χ0v) is 12.0. The van der Waals surface area contributed by atoms with Crippen molar-refractivity contribution in [2.75, 3.05) is 17.2 Å². The van der Waals surface area contributed by atoms with Gasteiger partial charge in [-0.05, 0) is 25.7 Å². The van der Waals surface area contributed by atoms with Crippen LogP contribution in [-0.2, 0) is 4.74 Å². The summed E-state index contributed by atoms with van der Waals surface area (Å²) in [5.74, 6) is 1.08. The van der Waals surface area contributed by atoms with Crippen molar-refractivity contribution in [3.05, 3.63) is 22.2 Å². The minimum Gasteiger partial charge on any atom is -0.373 e. The third kappa shape index (κ3) is 3.07. The van der Waals surface area contributed by atoms with E-state index in [-0.39, 0.29) is 22.8 Å². The van der Waals surface area contributed by atoms with E-state index in [1.807, 2.05) is 6.92 Å².